The average molecular weight is 302 g/mol. The predicted octanol–water partition coefficient (Wildman–Crippen LogP) is 1.56. The van der Waals surface area contributed by atoms with Gasteiger partial charge in [-0.15, -0.1) is 0 Å². The van der Waals surface area contributed by atoms with Crippen LogP contribution in [0.2, 0.25) is 0 Å². The summed E-state index contributed by atoms with van der Waals surface area (Å²) in [6.07, 6.45) is 1.50. The number of carbonyl (C=O) groups is 1. The maximum Gasteiger partial charge on any atom is 0.264 e. The Bertz CT molecular complexity index is 613. The molecular formula is C16H18N2O4. The first-order chi connectivity index (χ1) is 10.7. The van der Waals surface area contributed by atoms with Gasteiger partial charge in [-0.2, -0.15) is 5.26 Å². The van der Waals surface area contributed by atoms with Crippen molar-refractivity contribution in [1.82, 2.24) is 4.90 Å². The lowest BCUT2D eigenvalue weighted by molar-refractivity contribution is -0.130. The van der Waals surface area contributed by atoms with E-state index in [4.69, 9.17) is 9.47 Å². The van der Waals surface area contributed by atoms with Crippen LogP contribution < -0.4 is 4.74 Å². The Morgan fingerprint density at radius 2 is 2.23 bits per heavy atom. The first-order valence-electron chi connectivity index (χ1n) is 7.10. The van der Waals surface area contributed by atoms with Gasteiger partial charge in [0.25, 0.3) is 5.91 Å². The number of phenols is 1. The monoisotopic (exact) mass is 302 g/mol. The number of nitriles is 1. The summed E-state index contributed by atoms with van der Waals surface area (Å²) < 4.78 is 10.5. The van der Waals surface area contributed by atoms with Crippen molar-refractivity contribution in [1.29, 1.82) is 5.26 Å². The molecule has 1 aliphatic heterocycles. The molecule has 0 saturated carbocycles. The summed E-state index contributed by atoms with van der Waals surface area (Å²) in [6.45, 7) is 4.16. The van der Waals surface area contributed by atoms with Crippen LogP contribution in [0.15, 0.2) is 23.8 Å². The van der Waals surface area contributed by atoms with E-state index in [1.54, 1.807) is 17.0 Å². The second-order valence-electron chi connectivity index (χ2n) is 4.73. The number of morpholine rings is 1. The number of carbonyl (C=O) groups excluding carboxylic acids is 1. The Labute approximate surface area is 129 Å². The number of phenolic OH excluding ortho intramolecular Hbond substituents is 1. The molecule has 1 amide bonds. The summed E-state index contributed by atoms with van der Waals surface area (Å²) >= 11 is 0. The molecule has 1 aliphatic rings. The predicted molar refractivity (Wildman–Crippen MR) is 80.3 cm³/mol. The molecule has 0 radical (unpaired) electrons. The third-order valence-corrected chi connectivity index (χ3v) is 3.24. The summed E-state index contributed by atoms with van der Waals surface area (Å²) in [5.74, 6) is 0.0428. The third-order valence-electron chi connectivity index (χ3n) is 3.24. The summed E-state index contributed by atoms with van der Waals surface area (Å²) in [5, 5.41) is 18.9. The zero-order valence-corrected chi connectivity index (χ0v) is 12.4. The molecule has 0 bridgehead atoms. The maximum absolute atomic E-state index is 12.3. The minimum atomic E-state index is -0.308. The van der Waals surface area contributed by atoms with Crippen molar-refractivity contribution < 1.29 is 19.4 Å². The van der Waals surface area contributed by atoms with E-state index in [0.717, 1.165) is 0 Å². The van der Waals surface area contributed by atoms with Gasteiger partial charge in [-0.3, -0.25) is 4.79 Å². The Morgan fingerprint density at radius 1 is 1.50 bits per heavy atom. The van der Waals surface area contributed by atoms with Crippen LogP contribution in [0.1, 0.15) is 12.5 Å². The molecule has 1 aromatic rings. The highest BCUT2D eigenvalue weighted by atomic mass is 16.5. The van der Waals surface area contributed by atoms with Crippen LogP contribution >= 0.6 is 0 Å². The van der Waals surface area contributed by atoms with Crippen LogP contribution in [0.5, 0.6) is 11.5 Å². The Hall–Kier alpha value is -2.52. The largest absolute Gasteiger partial charge is 0.504 e. The standard InChI is InChI=1S/C16H18N2O4/c1-2-22-15-10-12(3-4-14(15)19)9-13(11-17)16(20)18-5-7-21-8-6-18/h3-4,9-10,19H,2,5-8H2,1H3. The quantitative estimate of drug-likeness (QED) is 0.674. The molecule has 2 rings (SSSR count). The lowest BCUT2D eigenvalue weighted by Gasteiger charge is -2.26. The average Bonchev–Trinajstić information content (AvgIpc) is 2.56. The van der Waals surface area contributed by atoms with Crippen LogP contribution in [0.4, 0.5) is 0 Å². The molecule has 1 heterocycles. The SMILES string of the molecule is CCOc1cc(C=C(C#N)C(=O)N2CCOCC2)ccc1O. The molecule has 1 N–H and O–H groups in total. The van der Waals surface area contributed by atoms with E-state index >= 15 is 0 Å². The molecule has 22 heavy (non-hydrogen) atoms. The van der Waals surface area contributed by atoms with Crippen molar-refractivity contribution in [3.8, 4) is 17.6 Å². The molecule has 0 aromatic heterocycles. The van der Waals surface area contributed by atoms with Crippen molar-refractivity contribution in [2.45, 2.75) is 6.92 Å². The summed E-state index contributed by atoms with van der Waals surface area (Å²) in [5.41, 5.74) is 0.675. The molecule has 6 heteroatoms. The highest BCUT2D eigenvalue weighted by molar-refractivity contribution is 6.01. The van der Waals surface area contributed by atoms with Crippen LogP contribution in [0.25, 0.3) is 6.08 Å². The van der Waals surface area contributed by atoms with E-state index in [9.17, 15) is 15.2 Å². The number of ether oxygens (including phenoxy) is 2. The van der Waals surface area contributed by atoms with E-state index in [1.807, 2.05) is 13.0 Å². The van der Waals surface area contributed by atoms with Crippen LogP contribution in [-0.4, -0.2) is 48.8 Å². The molecule has 0 aliphatic carbocycles. The lowest BCUT2D eigenvalue weighted by atomic mass is 10.1. The Balaban J connectivity index is 2.23. The van der Waals surface area contributed by atoms with E-state index in [1.165, 1.54) is 12.1 Å². The first kappa shape index (κ1) is 15.9. The topological polar surface area (TPSA) is 82.8 Å². The van der Waals surface area contributed by atoms with Gasteiger partial charge in [0.1, 0.15) is 11.6 Å². The summed E-state index contributed by atoms with van der Waals surface area (Å²) in [6, 6.07) is 6.64. The van der Waals surface area contributed by atoms with Crippen LogP contribution in [0.3, 0.4) is 0 Å². The molecule has 1 fully saturated rings. The zero-order valence-electron chi connectivity index (χ0n) is 12.4. The number of nitrogens with zero attached hydrogens (tertiary/aromatic N) is 2. The number of benzene rings is 1. The molecule has 0 spiro atoms. The second-order valence-corrected chi connectivity index (χ2v) is 4.73. The van der Waals surface area contributed by atoms with Crippen LogP contribution in [-0.2, 0) is 9.53 Å². The van der Waals surface area contributed by atoms with Crippen LogP contribution in [0, 0.1) is 11.3 Å². The van der Waals surface area contributed by atoms with Gasteiger partial charge in [0.2, 0.25) is 0 Å². The van der Waals surface area contributed by atoms with Gasteiger partial charge in [-0.05, 0) is 30.7 Å². The molecule has 116 valence electrons. The second kappa shape index (κ2) is 7.48. The molecule has 6 nitrogen and oxygen atoms in total. The highest BCUT2D eigenvalue weighted by Gasteiger charge is 2.20. The van der Waals surface area contributed by atoms with Gasteiger partial charge in [0, 0.05) is 13.1 Å². The number of rotatable bonds is 4. The van der Waals surface area contributed by atoms with Gasteiger partial charge in [-0.25, -0.2) is 0 Å². The molecule has 0 unspecified atom stereocenters. The zero-order chi connectivity index (χ0) is 15.9. The molecule has 1 saturated heterocycles. The minimum Gasteiger partial charge on any atom is -0.504 e. The van der Waals surface area contributed by atoms with E-state index < -0.39 is 0 Å². The molecular weight excluding hydrogens is 284 g/mol. The normalized spacial score (nSPS) is 15.3. The minimum absolute atomic E-state index is 0.0250. The van der Waals surface area contributed by atoms with Crippen molar-refractivity contribution >= 4 is 12.0 Å². The van der Waals surface area contributed by atoms with E-state index in [-0.39, 0.29) is 17.2 Å². The van der Waals surface area contributed by atoms with Crippen molar-refractivity contribution in [3.05, 3.63) is 29.3 Å². The lowest BCUT2D eigenvalue weighted by Crippen LogP contribution is -2.41. The smallest absolute Gasteiger partial charge is 0.264 e. The van der Waals surface area contributed by atoms with Gasteiger partial charge in [0.15, 0.2) is 11.5 Å². The number of amides is 1. The van der Waals surface area contributed by atoms with Gasteiger partial charge < -0.3 is 19.5 Å². The number of hydrogen-bond donors (Lipinski definition) is 1. The first-order valence-corrected chi connectivity index (χ1v) is 7.10. The Morgan fingerprint density at radius 3 is 2.86 bits per heavy atom. The fourth-order valence-corrected chi connectivity index (χ4v) is 2.14. The van der Waals surface area contributed by atoms with Gasteiger partial charge in [0.05, 0.1) is 19.8 Å². The fraction of sp³-hybridized carbons (Fsp3) is 0.375. The van der Waals surface area contributed by atoms with Crippen molar-refractivity contribution in [3.63, 3.8) is 0 Å². The number of aromatic hydroxyl groups is 1. The summed E-state index contributed by atoms with van der Waals surface area (Å²) in [4.78, 5) is 13.9. The van der Waals surface area contributed by atoms with Crippen molar-refractivity contribution in [2.75, 3.05) is 32.9 Å². The fourth-order valence-electron chi connectivity index (χ4n) is 2.14. The molecule has 1 aromatic carbocycles. The summed E-state index contributed by atoms with van der Waals surface area (Å²) in [7, 11) is 0. The Kier molecular flexibility index (Phi) is 5.39. The van der Waals surface area contributed by atoms with Gasteiger partial charge >= 0.3 is 0 Å². The number of hydrogen-bond acceptors (Lipinski definition) is 5. The third kappa shape index (κ3) is 3.77. The van der Waals surface area contributed by atoms with E-state index in [2.05, 4.69) is 0 Å². The highest BCUT2D eigenvalue weighted by Crippen LogP contribution is 2.27. The maximum atomic E-state index is 12.3. The van der Waals surface area contributed by atoms with E-state index in [0.29, 0.717) is 44.2 Å². The van der Waals surface area contributed by atoms with Crippen molar-refractivity contribution in [2.24, 2.45) is 0 Å². The van der Waals surface area contributed by atoms with Gasteiger partial charge in [-0.1, -0.05) is 6.07 Å². The molecule has 0 atom stereocenters.